The Morgan fingerprint density at radius 3 is 3.00 bits per heavy atom. The van der Waals surface area contributed by atoms with E-state index in [9.17, 15) is 0 Å². The van der Waals surface area contributed by atoms with Crippen LogP contribution in [0.3, 0.4) is 0 Å². The summed E-state index contributed by atoms with van der Waals surface area (Å²) >= 11 is 12.1. The monoisotopic (exact) mass is 353 g/mol. The van der Waals surface area contributed by atoms with Crippen molar-refractivity contribution in [1.29, 1.82) is 0 Å². The van der Waals surface area contributed by atoms with Gasteiger partial charge in [-0.3, -0.25) is 4.98 Å². The highest BCUT2D eigenvalue weighted by molar-refractivity contribution is 6.35. The van der Waals surface area contributed by atoms with E-state index in [0.29, 0.717) is 35.7 Å². The Bertz CT molecular complexity index is 642. The minimum absolute atomic E-state index is 0.0682. The van der Waals surface area contributed by atoms with Gasteiger partial charge in [0.05, 0.1) is 35.0 Å². The average Bonchev–Trinajstić information content (AvgIpc) is 2.57. The van der Waals surface area contributed by atoms with Crippen molar-refractivity contribution in [1.82, 2.24) is 9.97 Å². The summed E-state index contributed by atoms with van der Waals surface area (Å²) in [6, 6.07) is 7.49. The van der Waals surface area contributed by atoms with E-state index in [2.05, 4.69) is 15.3 Å². The Labute approximate surface area is 144 Å². The zero-order valence-electron chi connectivity index (χ0n) is 12.4. The van der Waals surface area contributed by atoms with Crippen LogP contribution in [-0.2, 0) is 16.1 Å². The fourth-order valence-corrected chi connectivity index (χ4v) is 2.85. The minimum Gasteiger partial charge on any atom is -0.379 e. The number of hydrogen-bond acceptors (Lipinski definition) is 5. The van der Waals surface area contributed by atoms with Crippen molar-refractivity contribution in [3.8, 4) is 0 Å². The summed E-state index contributed by atoms with van der Waals surface area (Å²) < 4.78 is 11.5. The molecule has 0 unspecified atom stereocenters. The maximum absolute atomic E-state index is 6.18. The molecule has 5 nitrogen and oxygen atoms in total. The second-order valence-corrected chi connectivity index (χ2v) is 6.11. The summed E-state index contributed by atoms with van der Waals surface area (Å²) in [4.78, 5) is 8.50. The lowest BCUT2D eigenvalue weighted by Gasteiger charge is -2.32. The van der Waals surface area contributed by atoms with Crippen molar-refractivity contribution in [2.24, 2.45) is 0 Å². The van der Waals surface area contributed by atoms with Crippen LogP contribution in [0, 0.1) is 0 Å². The summed E-state index contributed by atoms with van der Waals surface area (Å²) in [6.07, 6.45) is 4.04. The van der Waals surface area contributed by atoms with Crippen molar-refractivity contribution < 1.29 is 9.47 Å². The first kappa shape index (κ1) is 16.5. The zero-order chi connectivity index (χ0) is 16.1. The molecule has 3 rings (SSSR count). The molecule has 2 aromatic heterocycles. The molecular formula is C16H17Cl2N3O2. The van der Waals surface area contributed by atoms with Crippen LogP contribution in [0.15, 0.2) is 36.7 Å². The Hall–Kier alpha value is -1.40. The van der Waals surface area contributed by atoms with E-state index >= 15 is 0 Å². The summed E-state index contributed by atoms with van der Waals surface area (Å²) in [5.74, 6) is 0.606. The van der Waals surface area contributed by atoms with Gasteiger partial charge in [0.2, 0.25) is 0 Å². The van der Waals surface area contributed by atoms with Crippen LogP contribution in [0.1, 0.15) is 12.1 Å². The van der Waals surface area contributed by atoms with E-state index in [-0.39, 0.29) is 12.1 Å². The number of pyridine rings is 2. The third-order valence-electron chi connectivity index (χ3n) is 3.61. The van der Waals surface area contributed by atoms with E-state index in [4.69, 9.17) is 32.7 Å². The van der Waals surface area contributed by atoms with Crippen LogP contribution in [-0.4, -0.2) is 35.3 Å². The average molecular weight is 354 g/mol. The van der Waals surface area contributed by atoms with Crippen LogP contribution in [0.4, 0.5) is 5.82 Å². The van der Waals surface area contributed by atoms with Gasteiger partial charge in [0, 0.05) is 19.0 Å². The van der Waals surface area contributed by atoms with Crippen molar-refractivity contribution in [3.63, 3.8) is 0 Å². The molecule has 0 spiro atoms. The third-order valence-corrected chi connectivity index (χ3v) is 4.10. The molecule has 0 amide bonds. The predicted octanol–water partition coefficient (Wildman–Crippen LogP) is 3.57. The molecule has 1 aliphatic rings. The molecule has 1 aliphatic heterocycles. The van der Waals surface area contributed by atoms with Crippen molar-refractivity contribution in [2.75, 3.05) is 18.5 Å². The molecular weight excluding hydrogens is 337 g/mol. The van der Waals surface area contributed by atoms with Crippen molar-refractivity contribution in [2.45, 2.75) is 25.2 Å². The fraction of sp³-hybridized carbons (Fsp3) is 0.375. The SMILES string of the molecule is Clc1cnc(N[C@@H]2CCOC[C@H]2OCc2ccccn2)c(Cl)c1. The first-order valence-electron chi connectivity index (χ1n) is 7.39. The Morgan fingerprint density at radius 2 is 2.22 bits per heavy atom. The van der Waals surface area contributed by atoms with E-state index in [1.54, 1.807) is 18.5 Å². The molecule has 7 heteroatoms. The number of rotatable bonds is 5. The molecule has 0 radical (unpaired) electrons. The van der Waals surface area contributed by atoms with Crippen LogP contribution >= 0.6 is 23.2 Å². The van der Waals surface area contributed by atoms with Gasteiger partial charge in [0.15, 0.2) is 0 Å². The number of halogens is 2. The van der Waals surface area contributed by atoms with Gasteiger partial charge >= 0.3 is 0 Å². The molecule has 0 saturated carbocycles. The normalized spacial score (nSPS) is 21.1. The third kappa shape index (κ3) is 4.54. The number of aromatic nitrogens is 2. The summed E-state index contributed by atoms with van der Waals surface area (Å²) in [5, 5.41) is 4.34. The number of anilines is 1. The molecule has 23 heavy (non-hydrogen) atoms. The number of ether oxygens (including phenoxy) is 2. The number of hydrogen-bond donors (Lipinski definition) is 1. The van der Waals surface area contributed by atoms with Crippen LogP contribution < -0.4 is 5.32 Å². The van der Waals surface area contributed by atoms with Crippen LogP contribution in [0.5, 0.6) is 0 Å². The zero-order valence-corrected chi connectivity index (χ0v) is 13.9. The molecule has 2 atom stereocenters. The lowest BCUT2D eigenvalue weighted by Crippen LogP contribution is -2.43. The largest absolute Gasteiger partial charge is 0.379 e. The van der Waals surface area contributed by atoms with Gasteiger partial charge in [0.25, 0.3) is 0 Å². The molecule has 3 heterocycles. The maximum Gasteiger partial charge on any atom is 0.145 e. The Balaban J connectivity index is 1.64. The van der Waals surface area contributed by atoms with Gasteiger partial charge < -0.3 is 14.8 Å². The maximum atomic E-state index is 6.18. The molecule has 122 valence electrons. The predicted molar refractivity (Wildman–Crippen MR) is 89.9 cm³/mol. The molecule has 2 aromatic rings. The van der Waals surface area contributed by atoms with E-state index in [0.717, 1.165) is 12.1 Å². The molecule has 1 fully saturated rings. The summed E-state index contributed by atoms with van der Waals surface area (Å²) in [7, 11) is 0. The molecule has 1 N–H and O–H groups in total. The van der Waals surface area contributed by atoms with Crippen molar-refractivity contribution in [3.05, 3.63) is 52.4 Å². The van der Waals surface area contributed by atoms with Gasteiger partial charge in [-0.2, -0.15) is 0 Å². The van der Waals surface area contributed by atoms with Gasteiger partial charge in [-0.15, -0.1) is 0 Å². The number of nitrogens with zero attached hydrogens (tertiary/aromatic N) is 2. The topological polar surface area (TPSA) is 56.3 Å². The van der Waals surface area contributed by atoms with Crippen LogP contribution in [0.2, 0.25) is 10.0 Å². The van der Waals surface area contributed by atoms with Gasteiger partial charge in [-0.25, -0.2) is 4.98 Å². The molecule has 0 bridgehead atoms. The summed E-state index contributed by atoms with van der Waals surface area (Å²) in [5.41, 5.74) is 0.888. The number of nitrogens with one attached hydrogen (secondary N) is 1. The van der Waals surface area contributed by atoms with E-state index < -0.39 is 0 Å². The summed E-state index contributed by atoms with van der Waals surface area (Å²) in [6.45, 7) is 1.64. The first-order valence-corrected chi connectivity index (χ1v) is 8.15. The molecule has 1 saturated heterocycles. The Kier molecular flexibility index (Phi) is 5.67. The lowest BCUT2D eigenvalue weighted by atomic mass is 10.1. The van der Waals surface area contributed by atoms with Gasteiger partial charge in [-0.05, 0) is 24.6 Å². The first-order chi connectivity index (χ1) is 11.2. The van der Waals surface area contributed by atoms with Gasteiger partial charge in [0.1, 0.15) is 11.9 Å². The highest BCUT2D eigenvalue weighted by Gasteiger charge is 2.27. The Morgan fingerprint density at radius 1 is 1.30 bits per heavy atom. The minimum atomic E-state index is -0.0979. The van der Waals surface area contributed by atoms with Crippen molar-refractivity contribution >= 4 is 29.0 Å². The van der Waals surface area contributed by atoms with Crippen LogP contribution in [0.25, 0.3) is 0 Å². The van der Waals surface area contributed by atoms with E-state index in [1.807, 2.05) is 18.2 Å². The molecule has 0 aliphatic carbocycles. The smallest absolute Gasteiger partial charge is 0.145 e. The molecule has 0 aromatic carbocycles. The van der Waals surface area contributed by atoms with Gasteiger partial charge in [-0.1, -0.05) is 29.3 Å². The standard InChI is InChI=1S/C16H17Cl2N3O2/c17-11-7-13(18)16(20-8-11)21-14-4-6-22-10-15(14)23-9-12-3-1-2-5-19-12/h1-3,5,7-8,14-15H,4,6,9-10H2,(H,20,21)/t14-,15-/m1/s1. The second kappa shape index (κ2) is 7.93. The highest BCUT2D eigenvalue weighted by Crippen LogP contribution is 2.25. The second-order valence-electron chi connectivity index (χ2n) is 5.27. The lowest BCUT2D eigenvalue weighted by molar-refractivity contribution is -0.0645. The fourth-order valence-electron chi connectivity index (χ4n) is 2.41. The highest BCUT2D eigenvalue weighted by atomic mass is 35.5. The quantitative estimate of drug-likeness (QED) is 0.890. The van der Waals surface area contributed by atoms with E-state index in [1.165, 1.54) is 0 Å².